The van der Waals surface area contributed by atoms with Crippen molar-refractivity contribution in [1.82, 2.24) is 4.90 Å². The Morgan fingerprint density at radius 1 is 1.16 bits per heavy atom. The zero-order valence-corrected chi connectivity index (χ0v) is 23.1. The van der Waals surface area contributed by atoms with Gasteiger partial charge in [-0.05, 0) is 76.6 Å². The van der Waals surface area contributed by atoms with E-state index < -0.39 is 0 Å². The van der Waals surface area contributed by atoms with Crippen LogP contribution in [0.2, 0.25) is 0 Å². The van der Waals surface area contributed by atoms with Crippen LogP contribution in [0.15, 0.2) is 41.6 Å². The van der Waals surface area contributed by atoms with Crippen molar-refractivity contribution in [3.63, 3.8) is 0 Å². The van der Waals surface area contributed by atoms with Gasteiger partial charge in [0.2, 0.25) is 0 Å². The molecule has 1 aromatic rings. The molecule has 2 atom stereocenters. The molecule has 2 heterocycles. The number of hydrogen-bond donors (Lipinski definition) is 1. The summed E-state index contributed by atoms with van der Waals surface area (Å²) in [6.07, 6.45) is 13.1. The number of oxime groups is 1. The summed E-state index contributed by atoms with van der Waals surface area (Å²) in [6.45, 7) is 8.38. The Balaban J connectivity index is 1.86. The minimum Gasteiger partial charge on any atom is -0.459 e. The summed E-state index contributed by atoms with van der Waals surface area (Å²) in [5.74, 6) is -0.405. The summed E-state index contributed by atoms with van der Waals surface area (Å²) in [7, 11) is 0. The van der Waals surface area contributed by atoms with Crippen molar-refractivity contribution >= 4 is 17.6 Å². The van der Waals surface area contributed by atoms with Gasteiger partial charge >= 0.3 is 5.97 Å². The number of esters is 1. The number of hydrogen-bond acceptors (Lipinski definition) is 7. The quantitative estimate of drug-likeness (QED) is 0.245. The first-order chi connectivity index (χ1) is 18.4. The second kappa shape index (κ2) is 15.4. The Hall–Kier alpha value is -2.97. The van der Waals surface area contributed by atoms with Crippen molar-refractivity contribution in [1.29, 1.82) is 0 Å². The molecule has 8 heteroatoms. The molecule has 8 nitrogen and oxygen atoms in total. The number of carbonyl (C=O) groups excluding carboxylic acids is 2. The van der Waals surface area contributed by atoms with Crippen LogP contribution in [0.25, 0.3) is 0 Å². The fourth-order valence-corrected chi connectivity index (χ4v) is 4.78. The van der Waals surface area contributed by atoms with E-state index in [-0.39, 0.29) is 30.7 Å². The van der Waals surface area contributed by atoms with Gasteiger partial charge in [0.05, 0.1) is 17.4 Å². The Morgan fingerprint density at radius 2 is 1.95 bits per heavy atom. The first kappa shape index (κ1) is 29.6. The Kier molecular flexibility index (Phi) is 12.0. The predicted molar refractivity (Wildman–Crippen MR) is 149 cm³/mol. The summed E-state index contributed by atoms with van der Waals surface area (Å²) in [5, 5.41) is 4.34. The molecule has 38 heavy (non-hydrogen) atoms. The predicted octanol–water partition coefficient (Wildman–Crippen LogP) is 4.42. The first-order valence-corrected chi connectivity index (χ1v) is 13.8. The lowest BCUT2D eigenvalue weighted by Gasteiger charge is -2.26. The lowest BCUT2D eigenvalue weighted by atomic mass is 9.95. The monoisotopic (exact) mass is 525 g/mol. The normalized spacial score (nSPS) is 23.7. The molecule has 2 aliphatic heterocycles. The van der Waals surface area contributed by atoms with E-state index in [2.05, 4.69) is 5.16 Å². The molecule has 0 aromatic heterocycles. The average Bonchev–Trinajstić information content (AvgIpc) is 2.88. The topological polar surface area (TPSA) is 103 Å². The molecule has 0 saturated carbocycles. The highest BCUT2D eigenvalue weighted by atomic mass is 16.6. The molecule has 3 rings (SSSR count). The van der Waals surface area contributed by atoms with Crippen LogP contribution in [0, 0.1) is 13.8 Å². The van der Waals surface area contributed by atoms with Crippen LogP contribution < -0.4 is 5.73 Å². The fraction of sp³-hybridized carbons (Fsp3) is 0.567. The van der Waals surface area contributed by atoms with Gasteiger partial charge in [-0.25, -0.2) is 4.79 Å². The first-order valence-electron chi connectivity index (χ1n) is 13.8. The third-order valence-electron chi connectivity index (χ3n) is 6.70. The standard InChI is InChI=1S/C30H43N3O5/c1-22-18-23(2)29-25(19-22)20-26(32-37-21-28(34)33-15-5-4-6-16-33)11-8-13-27(36-17-9-14-31)12-7-10-24(3)38-30(29)35/h7-8,11-12,18-19,24,27H,4-6,9-10,13-17,20-21,31H2,1-3H3/b11-8+,12-7+,32-26?/t24-,27?/m1/s1. The summed E-state index contributed by atoms with van der Waals surface area (Å²) in [4.78, 5) is 33.2. The van der Waals surface area contributed by atoms with Gasteiger partial charge in [-0.1, -0.05) is 41.1 Å². The number of likely N-dealkylation sites (tertiary alicyclic amines) is 1. The van der Waals surface area contributed by atoms with Crippen LogP contribution in [-0.4, -0.2) is 67.5 Å². The molecule has 1 saturated heterocycles. The molecule has 0 radical (unpaired) electrons. The summed E-state index contributed by atoms with van der Waals surface area (Å²) >= 11 is 0. The van der Waals surface area contributed by atoms with Crippen LogP contribution in [-0.2, 0) is 25.5 Å². The molecule has 0 bridgehead atoms. The van der Waals surface area contributed by atoms with Crippen molar-refractivity contribution in [3.8, 4) is 0 Å². The minimum atomic E-state index is -0.351. The van der Waals surface area contributed by atoms with E-state index in [0.29, 0.717) is 43.7 Å². The van der Waals surface area contributed by atoms with Crippen molar-refractivity contribution < 1.29 is 23.9 Å². The number of carbonyl (C=O) groups is 2. The van der Waals surface area contributed by atoms with Crippen LogP contribution in [0.5, 0.6) is 0 Å². The molecule has 2 aliphatic rings. The van der Waals surface area contributed by atoms with Crippen molar-refractivity contribution in [2.24, 2.45) is 10.9 Å². The molecule has 0 spiro atoms. The molecule has 0 aliphatic carbocycles. The maximum Gasteiger partial charge on any atom is 0.338 e. The van der Waals surface area contributed by atoms with E-state index in [0.717, 1.165) is 55.5 Å². The van der Waals surface area contributed by atoms with Gasteiger partial charge in [0.15, 0.2) is 6.61 Å². The number of nitrogens with zero attached hydrogens (tertiary/aromatic N) is 2. The Labute approximate surface area is 226 Å². The number of ether oxygens (including phenoxy) is 2. The van der Waals surface area contributed by atoms with Crippen molar-refractivity contribution in [3.05, 3.63) is 58.7 Å². The number of cyclic esters (lactones) is 1. The van der Waals surface area contributed by atoms with Crippen LogP contribution in [0.4, 0.5) is 0 Å². The van der Waals surface area contributed by atoms with E-state index in [1.54, 1.807) is 0 Å². The lowest BCUT2D eigenvalue weighted by Crippen LogP contribution is -2.37. The highest BCUT2D eigenvalue weighted by molar-refractivity contribution is 6.00. The number of allylic oxidation sites excluding steroid dienone is 1. The zero-order chi connectivity index (χ0) is 27.3. The second-order valence-corrected chi connectivity index (χ2v) is 10.2. The van der Waals surface area contributed by atoms with Gasteiger partial charge < -0.3 is 24.9 Å². The molecule has 1 fully saturated rings. The average molecular weight is 526 g/mol. The van der Waals surface area contributed by atoms with Crippen molar-refractivity contribution in [2.45, 2.75) is 77.9 Å². The van der Waals surface area contributed by atoms with Gasteiger partial charge in [-0.3, -0.25) is 4.79 Å². The summed E-state index contributed by atoms with van der Waals surface area (Å²) in [5.41, 5.74) is 9.51. The van der Waals surface area contributed by atoms with Gasteiger partial charge in [0.1, 0.15) is 6.10 Å². The minimum absolute atomic E-state index is 0.0536. The second-order valence-electron chi connectivity index (χ2n) is 10.2. The highest BCUT2D eigenvalue weighted by Crippen LogP contribution is 2.22. The van der Waals surface area contributed by atoms with Crippen LogP contribution in [0.3, 0.4) is 0 Å². The smallest absolute Gasteiger partial charge is 0.338 e. The molecular weight excluding hydrogens is 482 g/mol. The van der Waals surface area contributed by atoms with E-state index in [1.807, 2.05) is 62.1 Å². The molecular formula is C30H43N3O5. The van der Waals surface area contributed by atoms with E-state index in [1.165, 1.54) is 0 Å². The van der Waals surface area contributed by atoms with Gasteiger partial charge in [0, 0.05) is 32.5 Å². The number of nitrogens with two attached hydrogens (primary N) is 1. The molecule has 1 unspecified atom stereocenters. The largest absolute Gasteiger partial charge is 0.459 e. The van der Waals surface area contributed by atoms with E-state index in [4.69, 9.17) is 20.0 Å². The van der Waals surface area contributed by atoms with Gasteiger partial charge in [-0.2, -0.15) is 0 Å². The fourth-order valence-electron chi connectivity index (χ4n) is 4.78. The summed E-state index contributed by atoms with van der Waals surface area (Å²) < 4.78 is 11.8. The third kappa shape index (κ3) is 9.40. The van der Waals surface area contributed by atoms with Gasteiger partial charge in [0.25, 0.3) is 5.91 Å². The van der Waals surface area contributed by atoms with Crippen LogP contribution >= 0.6 is 0 Å². The number of piperidine rings is 1. The molecule has 1 aromatic carbocycles. The molecule has 2 N–H and O–H groups in total. The number of amides is 1. The maximum absolute atomic E-state index is 13.2. The van der Waals surface area contributed by atoms with E-state index >= 15 is 0 Å². The van der Waals surface area contributed by atoms with Gasteiger partial charge in [-0.15, -0.1) is 0 Å². The summed E-state index contributed by atoms with van der Waals surface area (Å²) in [6, 6.07) is 3.97. The third-order valence-corrected chi connectivity index (χ3v) is 6.70. The Morgan fingerprint density at radius 3 is 2.71 bits per heavy atom. The zero-order valence-electron chi connectivity index (χ0n) is 23.1. The highest BCUT2D eigenvalue weighted by Gasteiger charge is 2.21. The number of benzene rings is 1. The lowest BCUT2D eigenvalue weighted by molar-refractivity contribution is -0.137. The molecule has 208 valence electrons. The number of rotatable bonds is 7. The SMILES string of the molecule is Cc1cc(C)c2c(c1)CC(=NOCC(=O)N1CCCCC1)/C=C/CC(OCCCN)/C=C/C[C@@H](C)OC2=O. The van der Waals surface area contributed by atoms with Crippen LogP contribution in [0.1, 0.15) is 72.5 Å². The maximum atomic E-state index is 13.2. The Bertz CT molecular complexity index is 1030. The van der Waals surface area contributed by atoms with Crippen molar-refractivity contribution in [2.75, 3.05) is 32.8 Å². The number of aryl methyl sites for hydroxylation is 2. The number of fused-ring (bicyclic) bond motifs is 1. The molecule has 1 amide bonds. The van der Waals surface area contributed by atoms with E-state index in [9.17, 15) is 9.59 Å².